The maximum Gasteiger partial charge on any atom is 0.230 e. The van der Waals surface area contributed by atoms with Crippen LogP contribution in [0.4, 0.5) is 10.8 Å². The molecule has 1 saturated carbocycles. The highest BCUT2D eigenvalue weighted by Gasteiger charge is 2.30. The van der Waals surface area contributed by atoms with E-state index >= 15 is 0 Å². The van der Waals surface area contributed by atoms with Gasteiger partial charge in [0.25, 0.3) is 0 Å². The first-order chi connectivity index (χ1) is 11.5. The number of aliphatic hydroxyl groups is 1. The third kappa shape index (κ3) is 4.20. The second-order valence-electron chi connectivity index (χ2n) is 6.41. The van der Waals surface area contributed by atoms with Crippen molar-refractivity contribution >= 4 is 28.1 Å². The zero-order chi connectivity index (χ0) is 17.1. The van der Waals surface area contributed by atoms with Crippen LogP contribution in [0, 0.1) is 5.92 Å². The maximum atomic E-state index is 12.1. The first-order valence-electron chi connectivity index (χ1n) is 8.21. The van der Waals surface area contributed by atoms with Gasteiger partial charge in [-0.1, -0.05) is 18.2 Å². The van der Waals surface area contributed by atoms with Crippen molar-refractivity contribution in [1.29, 1.82) is 0 Å². The van der Waals surface area contributed by atoms with Crippen molar-refractivity contribution in [1.82, 2.24) is 9.88 Å². The molecular formula is C18H23N3O2S. The van der Waals surface area contributed by atoms with Crippen molar-refractivity contribution in [3.8, 4) is 0 Å². The number of benzene rings is 1. The number of aromatic nitrogens is 1. The number of nitrogens with zero attached hydrogens (tertiary/aromatic N) is 3. The number of hydrogen-bond donors (Lipinski definition) is 1. The van der Waals surface area contributed by atoms with Crippen molar-refractivity contribution in [2.75, 3.05) is 18.5 Å². The average molecular weight is 345 g/mol. The van der Waals surface area contributed by atoms with Gasteiger partial charge in [-0.2, -0.15) is 0 Å². The Bertz CT molecular complexity index is 685. The number of para-hydroxylation sites is 1. The third-order valence-corrected chi connectivity index (χ3v) is 5.03. The van der Waals surface area contributed by atoms with Gasteiger partial charge >= 0.3 is 0 Å². The SMILES string of the molecule is CC(=O)N(c1ccccc1)c1nc(CN(C)CC(O)C2CC2)cs1. The van der Waals surface area contributed by atoms with E-state index < -0.39 is 0 Å². The van der Waals surface area contributed by atoms with Crippen LogP contribution in [0.15, 0.2) is 35.7 Å². The summed E-state index contributed by atoms with van der Waals surface area (Å²) < 4.78 is 0. The molecule has 0 saturated heterocycles. The molecule has 1 heterocycles. The standard InChI is InChI=1S/C18H23N3O2S/c1-13(22)21(16-6-4-3-5-7-16)18-19-15(12-24-18)10-20(2)11-17(23)14-8-9-14/h3-7,12,14,17,23H,8-11H2,1-2H3. The van der Waals surface area contributed by atoms with E-state index in [-0.39, 0.29) is 12.0 Å². The zero-order valence-electron chi connectivity index (χ0n) is 14.1. The predicted octanol–water partition coefficient (Wildman–Crippen LogP) is 3.03. The van der Waals surface area contributed by atoms with E-state index in [1.165, 1.54) is 11.3 Å². The molecule has 1 aliphatic rings. The van der Waals surface area contributed by atoms with E-state index in [0.717, 1.165) is 24.2 Å². The van der Waals surface area contributed by atoms with Crippen LogP contribution in [-0.2, 0) is 11.3 Å². The molecular weight excluding hydrogens is 322 g/mol. The van der Waals surface area contributed by atoms with Crippen LogP contribution in [-0.4, -0.2) is 40.6 Å². The highest BCUT2D eigenvalue weighted by atomic mass is 32.1. The molecule has 2 aromatic rings. The number of carbonyl (C=O) groups excluding carboxylic acids is 1. The highest BCUT2D eigenvalue weighted by Crippen LogP contribution is 2.33. The number of amides is 1. The van der Waals surface area contributed by atoms with Crippen molar-refractivity contribution < 1.29 is 9.90 Å². The molecule has 1 amide bonds. The average Bonchev–Trinajstić information content (AvgIpc) is 3.30. The van der Waals surface area contributed by atoms with Gasteiger partial charge in [-0.25, -0.2) is 4.98 Å². The largest absolute Gasteiger partial charge is 0.392 e. The van der Waals surface area contributed by atoms with Gasteiger partial charge in [0.05, 0.1) is 17.5 Å². The molecule has 1 aliphatic carbocycles. The summed E-state index contributed by atoms with van der Waals surface area (Å²) in [6, 6.07) is 9.55. The normalized spacial score (nSPS) is 15.5. The van der Waals surface area contributed by atoms with Crippen LogP contribution in [0.2, 0.25) is 0 Å². The van der Waals surface area contributed by atoms with E-state index in [2.05, 4.69) is 9.88 Å². The molecule has 5 nitrogen and oxygen atoms in total. The second-order valence-corrected chi connectivity index (χ2v) is 7.25. The molecule has 24 heavy (non-hydrogen) atoms. The molecule has 1 atom stereocenters. The van der Waals surface area contributed by atoms with E-state index in [9.17, 15) is 9.90 Å². The number of hydrogen-bond acceptors (Lipinski definition) is 5. The van der Waals surface area contributed by atoms with Gasteiger partial charge in [0, 0.05) is 25.4 Å². The van der Waals surface area contributed by atoms with E-state index in [4.69, 9.17) is 0 Å². The monoisotopic (exact) mass is 345 g/mol. The van der Waals surface area contributed by atoms with Gasteiger partial charge in [0.15, 0.2) is 5.13 Å². The molecule has 3 rings (SSSR count). The lowest BCUT2D eigenvalue weighted by Gasteiger charge is -2.20. The smallest absolute Gasteiger partial charge is 0.230 e. The number of carbonyl (C=O) groups is 1. The lowest BCUT2D eigenvalue weighted by atomic mass is 10.2. The summed E-state index contributed by atoms with van der Waals surface area (Å²) in [6.07, 6.45) is 2.03. The van der Waals surface area contributed by atoms with Gasteiger partial charge < -0.3 is 5.11 Å². The van der Waals surface area contributed by atoms with Crippen molar-refractivity contribution in [2.45, 2.75) is 32.4 Å². The summed E-state index contributed by atoms with van der Waals surface area (Å²) in [5, 5.41) is 12.7. The number of aliphatic hydroxyl groups excluding tert-OH is 1. The van der Waals surface area contributed by atoms with E-state index in [0.29, 0.717) is 24.1 Å². The number of anilines is 2. The summed E-state index contributed by atoms with van der Waals surface area (Å²) in [6.45, 7) is 2.87. The number of thiazole rings is 1. The molecule has 0 bridgehead atoms. The molecule has 1 aromatic carbocycles. The molecule has 6 heteroatoms. The Morgan fingerprint density at radius 2 is 2.08 bits per heavy atom. The van der Waals surface area contributed by atoms with Crippen LogP contribution in [0.5, 0.6) is 0 Å². The minimum Gasteiger partial charge on any atom is -0.392 e. The third-order valence-electron chi connectivity index (χ3n) is 4.16. The minimum absolute atomic E-state index is 0.0559. The molecule has 0 radical (unpaired) electrons. The van der Waals surface area contributed by atoms with Gasteiger partial charge in [0.2, 0.25) is 5.91 Å². The first-order valence-corrected chi connectivity index (χ1v) is 9.09. The summed E-state index contributed by atoms with van der Waals surface area (Å²) in [7, 11) is 1.99. The topological polar surface area (TPSA) is 56.7 Å². The van der Waals surface area contributed by atoms with Crippen molar-refractivity contribution in [3.05, 3.63) is 41.4 Å². The van der Waals surface area contributed by atoms with E-state index in [1.807, 2.05) is 42.8 Å². The van der Waals surface area contributed by atoms with Crippen molar-refractivity contribution in [3.63, 3.8) is 0 Å². The quantitative estimate of drug-likeness (QED) is 0.838. The fourth-order valence-corrected chi connectivity index (χ4v) is 3.64. The van der Waals surface area contributed by atoms with Crippen LogP contribution in [0.3, 0.4) is 0 Å². The molecule has 1 fully saturated rings. The van der Waals surface area contributed by atoms with Crippen molar-refractivity contribution in [2.24, 2.45) is 5.92 Å². The zero-order valence-corrected chi connectivity index (χ0v) is 14.9. The summed E-state index contributed by atoms with van der Waals surface area (Å²) in [4.78, 5) is 20.4. The number of rotatable bonds is 7. The lowest BCUT2D eigenvalue weighted by Crippen LogP contribution is -2.30. The van der Waals surface area contributed by atoms with Crippen LogP contribution in [0.25, 0.3) is 0 Å². The summed E-state index contributed by atoms with van der Waals surface area (Å²) >= 11 is 1.47. The second kappa shape index (κ2) is 7.42. The van der Waals surface area contributed by atoms with Gasteiger partial charge in [-0.05, 0) is 37.9 Å². The molecule has 0 aliphatic heterocycles. The predicted molar refractivity (Wildman–Crippen MR) is 96.4 cm³/mol. The van der Waals surface area contributed by atoms with Crippen LogP contribution < -0.4 is 4.90 Å². The Balaban J connectivity index is 1.68. The molecule has 1 unspecified atom stereocenters. The molecule has 1 aromatic heterocycles. The fourth-order valence-electron chi connectivity index (χ4n) is 2.77. The summed E-state index contributed by atoms with van der Waals surface area (Å²) in [5.74, 6) is 0.421. The molecule has 1 N–H and O–H groups in total. The van der Waals surface area contributed by atoms with Gasteiger partial charge in [0.1, 0.15) is 0 Å². The Morgan fingerprint density at radius 1 is 1.38 bits per heavy atom. The van der Waals surface area contributed by atoms with Gasteiger partial charge in [-0.15, -0.1) is 11.3 Å². The Morgan fingerprint density at radius 3 is 2.71 bits per heavy atom. The minimum atomic E-state index is -0.244. The lowest BCUT2D eigenvalue weighted by molar-refractivity contribution is -0.115. The van der Waals surface area contributed by atoms with E-state index in [1.54, 1.807) is 11.8 Å². The Hall–Kier alpha value is -1.76. The van der Waals surface area contributed by atoms with Gasteiger partial charge in [-0.3, -0.25) is 14.6 Å². The molecule has 128 valence electrons. The first kappa shape index (κ1) is 17.1. The fraction of sp³-hybridized carbons (Fsp3) is 0.444. The van der Waals surface area contributed by atoms with Crippen LogP contribution >= 0.6 is 11.3 Å². The summed E-state index contributed by atoms with van der Waals surface area (Å²) in [5.41, 5.74) is 1.74. The maximum absolute atomic E-state index is 12.1. The molecule has 0 spiro atoms. The Labute approximate surface area is 146 Å². The highest BCUT2D eigenvalue weighted by molar-refractivity contribution is 7.14. The van der Waals surface area contributed by atoms with Crippen LogP contribution in [0.1, 0.15) is 25.5 Å². The Kier molecular flexibility index (Phi) is 5.28. The number of likely N-dealkylation sites (N-methyl/N-ethyl adjacent to an activating group) is 1.